The van der Waals surface area contributed by atoms with Gasteiger partial charge in [0.05, 0.1) is 0 Å². The van der Waals surface area contributed by atoms with Crippen LogP contribution in [0.5, 0.6) is 5.75 Å². The second-order valence-electron chi connectivity index (χ2n) is 4.31. The van der Waals surface area contributed by atoms with Gasteiger partial charge in [0, 0.05) is 25.7 Å². The van der Waals surface area contributed by atoms with Gasteiger partial charge in [-0.25, -0.2) is 4.39 Å². The van der Waals surface area contributed by atoms with Crippen molar-refractivity contribution < 1.29 is 9.13 Å². The van der Waals surface area contributed by atoms with Gasteiger partial charge in [-0.2, -0.15) is 0 Å². The molecule has 17 heavy (non-hydrogen) atoms. The summed E-state index contributed by atoms with van der Waals surface area (Å²) in [4.78, 5) is 2.11. The highest BCUT2D eigenvalue weighted by Gasteiger charge is 1.99. The van der Waals surface area contributed by atoms with Crippen molar-refractivity contribution in [3.05, 3.63) is 29.6 Å². The Balaban J connectivity index is 2.16. The van der Waals surface area contributed by atoms with Gasteiger partial charge in [0.25, 0.3) is 0 Å². The highest BCUT2D eigenvalue weighted by atomic mass is 19.1. The summed E-state index contributed by atoms with van der Waals surface area (Å²) >= 11 is 0. The van der Waals surface area contributed by atoms with E-state index in [2.05, 4.69) is 10.2 Å². The smallest absolute Gasteiger partial charge is 0.129 e. The Kier molecular flexibility index (Phi) is 5.94. The molecule has 0 spiro atoms. The standard InChI is InChI=1S/C13H21FN2O/c1-11-4-5-12(10-13(11)14)17-9-7-15-6-8-16(2)3/h4-5,10,15H,6-9H2,1-3H3. The molecule has 0 aliphatic heterocycles. The van der Waals surface area contributed by atoms with E-state index >= 15 is 0 Å². The Morgan fingerprint density at radius 1 is 1.29 bits per heavy atom. The molecule has 0 aliphatic rings. The van der Waals surface area contributed by atoms with Crippen LogP contribution in [0.3, 0.4) is 0 Å². The summed E-state index contributed by atoms with van der Waals surface area (Å²) in [5.74, 6) is 0.366. The lowest BCUT2D eigenvalue weighted by Crippen LogP contribution is -2.29. The summed E-state index contributed by atoms with van der Waals surface area (Å²) in [7, 11) is 4.07. The number of hydrogen-bond donors (Lipinski definition) is 1. The van der Waals surface area contributed by atoms with E-state index in [0.717, 1.165) is 19.6 Å². The van der Waals surface area contributed by atoms with Crippen LogP contribution in [0.4, 0.5) is 4.39 Å². The maximum Gasteiger partial charge on any atom is 0.129 e. The van der Waals surface area contributed by atoms with Crippen molar-refractivity contribution in [1.29, 1.82) is 0 Å². The van der Waals surface area contributed by atoms with E-state index in [1.807, 2.05) is 14.1 Å². The molecule has 0 unspecified atom stereocenters. The fourth-order valence-electron chi connectivity index (χ4n) is 1.33. The van der Waals surface area contributed by atoms with E-state index in [1.54, 1.807) is 19.1 Å². The molecule has 1 aromatic rings. The molecular formula is C13H21FN2O. The van der Waals surface area contributed by atoms with Crippen LogP contribution in [0.1, 0.15) is 5.56 Å². The van der Waals surface area contributed by atoms with E-state index in [1.165, 1.54) is 6.07 Å². The molecule has 0 heterocycles. The average Bonchev–Trinajstić information content (AvgIpc) is 2.27. The molecule has 0 saturated heterocycles. The SMILES string of the molecule is Cc1ccc(OCCNCCN(C)C)cc1F. The molecule has 0 aliphatic carbocycles. The Labute approximate surface area is 103 Å². The number of likely N-dealkylation sites (N-methyl/N-ethyl adjacent to an activating group) is 1. The number of nitrogens with one attached hydrogen (secondary N) is 1. The minimum Gasteiger partial charge on any atom is -0.492 e. The van der Waals surface area contributed by atoms with Gasteiger partial charge >= 0.3 is 0 Å². The van der Waals surface area contributed by atoms with Gasteiger partial charge in [-0.05, 0) is 32.6 Å². The van der Waals surface area contributed by atoms with Crippen LogP contribution in [0, 0.1) is 12.7 Å². The summed E-state index contributed by atoms with van der Waals surface area (Å²) in [6, 6.07) is 4.94. The predicted octanol–water partition coefficient (Wildman–Crippen LogP) is 1.66. The Morgan fingerprint density at radius 2 is 2.06 bits per heavy atom. The summed E-state index contributed by atoms with van der Waals surface area (Å²) in [5, 5.41) is 3.25. The molecule has 1 rings (SSSR count). The number of nitrogens with zero attached hydrogens (tertiary/aromatic N) is 1. The third-order valence-corrected chi connectivity index (χ3v) is 2.43. The van der Waals surface area contributed by atoms with Crippen LogP contribution >= 0.6 is 0 Å². The Hall–Kier alpha value is -1.13. The van der Waals surface area contributed by atoms with Crippen LogP contribution in [0.15, 0.2) is 18.2 Å². The van der Waals surface area contributed by atoms with E-state index < -0.39 is 0 Å². The molecule has 1 N–H and O–H groups in total. The number of benzene rings is 1. The van der Waals surface area contributed by atoms with Crippen LogP contribution in [0.25, 0.3) is 0 Å². The number of hydrogen-bond acceptors (Lipinski definition) is 3. The second kappa shape index (κ2) is 7.25. The normalized spacial score (nSPS) is 10.9. The number of aryl methyl sites for hydroxylation is 1. The molecule has 96 valence electrons. The fourth-order valence-corrected chi connectivity index (χ4v) is 1.33. The number of ether oxygens (including phenoxy) is 1. The molecule has 1 aromatic carbocycles. The summed E-state index contributed by atoms with van der Waals surface area (Å²) in [6.45, 7) is 4.99. The summed E-state index contributed by atoms with van der Waals surface area (Å²) < 4.78 is 18.6. The molecule has 0 radical (unpaired) electrons. The molecule has 0 fully saturated rings. The maximum atomic E-state index is 13.2. The molecule has 0 bridgehead atoms. The lowest BCUT2D eigenvalue weighted by molar-refractivity contribution is 0.307. The molecular weight excluding hydrogens is 219 g/mol. The number of rotatable bonds is 7. The largest absolute Gasteiger partial charge is 0.492 e. The monoisotopic (exact) mass is 240 g/mol. The molecule has 0 aromatic heterocycles. The first kappa shape index (κ1) is 13.9. The molecule has 3 nitrogen and oxygen atoms in total. The maximum absolute atomic E-state index is 13.2. The van der Waals surface area contributed by atoms with Gasteiger partial charge in [0.2, 0.25) is 0 Å². The van der Waals surface area contributed by atoms with E-state index in [9.17, 15) is 4.39 Å². The fraction of sp³-hybridized carbons (Fsp3) is 0.538. The van der Waals surface area contributed by atoms with Gasteiger partial charge in [0.1, 0.15) is 18.2 Å². The van der Waals surface area contributed by atoms with Gasteiger partial charge in [-0.1, -0.05) is 6.07 Å². The zero-order chi connectivity index (χ0) is 12.7. The average molecular weight is 240 g/mol. The zero-order valence-corrected chi connectivity index (χ0v) is 10.8. The third-order valence-electron chi connectivity index (χ3n) is 2.43. The first-order valence-corrected chi connectivity index (χ1v) is 5.84. The summed E-state index contributed by atoms with van der Waals surface area (Å²) in [6.07, 6.45) is 0. The minimum atomic E-state index is -0.219. The van der Waals surface area contributed by atoms with Gasteiger partial charge in [0.15, 0.2) is 0 Å². The van der Waals surface area contributed by atoms with Crippen LogP contribution in [0.2, 0.25) is 0 Å². The van der Waals surface area contributed by atoms with Crippen LogP contribution in [-0.2, 0) is 0 Å². The summed E-state index contributed by atoms with van der Waals surface area (Å²) in [5.41, 5.74) is 0.640. The quantitative estimate of drug-likeness (QED) is 0.734. The van der Waals surface area contributed by atoms with Crippen molar-refractivity contribution in [1.82, 2.24) is 10.2 Å². The van der Waals surface area contributed by atoms with Crippen molar-refractivity contribution in [2.24, 2.45) is 0 Å². The Morgan fingerprint density at radius 3 is 2.71 bits per heavy atom. The second-order valence-corrected chi connectivity index (χ2v) is 4.31. The zero-order valence-electron chi connectivity index (χ0n) is 10.8. The van der Waals surface area contributed by atoms with Crippen LogP contribution in [-0.4, -0.2) is 45.2 Å². The predicted molar refractivity (Wildman–Crippen MR) is 68.1 cm³/mol. The van der Waals surface area contributed by atoms with Gasteiger partial charge in [-0.15, -0.1) is 0 Å². The first-order chi connectivity index (χ1) is 8.09. The van der Waals surface area contributed by atoms with Gasteiger partial charge in [-0.3, -0.25) is 0 Å². The number of halogens is 1. The van der Waals surface area contributed by atoms with Crippen molar-refractivity contribution >= 4 is 0 Å². The molecule has 0 saturated carbocycles. The first-order valence-electron chi connectivity index (χ1n) is 5.84. The lowest BCUT2D eigenvalue weighted by atomic mass is 10.2. The minimum absolute atomic E-state index is 0.219. The highest BCUT2D eigenvalue weighted by molar-refractivity contribution is 5.27. The van der Waals surface area contributed by atoms with Crippen LogP contribution < -0.4 is 10.1 Å². The Bertz CT molecular complexity index is 342. The molecule has 4 heteroatoms. The van der Waals surface area contributed by atoms with E-state index in [4.69, 9.17) is 4.74 Å². The van der Waals surface area contributed by atoms with Crippen molar-refractivity contribution in [3.8, 4) is 5.75 Å². The van der Waals surface area contributed by atoms with Crippen molar-refractivity contribution in [3.63, 3.8) is 0 Å². The highest BCUT2D eigenvalue weighted by Crippen LogP contribution is 2.15. The van der Waals surface area contributed by atoms with E-state index in [-0.39, 0.29) is 5.82 Å². The van der Waals surface area contributed by atoms with Gasteiger partial charge < -0.3 is 15.0 Å². The lowest BCUT2D eigenvalue weighted by Gasteiger charge is -2.11. The molecule has 0 atom stereocenters. The van der Waals surface area contributed by atoms with E-state index in [0.29, 0.717) is 17.9 Å². The van der Waals surface area contributed by atoms with Crippen molar-refractivity contribution in [2.45, 2.75) is 6.92 Å². The topological polar surface area (TPSA) is 24.5 Å². The molecule has 0 amide bonds. The third kappa shape index (κ3) is 5.65. The van der Waals surface area contributed by atoms with Crippen molar-refractivity contribution in [2.75, 3.05) is 40.3 Å².